The fraction of sp³-hybridized carbons (Fsp3) is 0.233. The average molecular weight is 464 g/mol. The summed E-state index contributed by atoms with van der Waals surface area (Å²) in [6, 6.07) is 21.2. The van der Waals surface area contributed by atoms with E-state index >= 15 is 0 Å². The molecule has 0 saturated carbocycles. The number of fused-ring (bicyclic) bond motifs is 1. The predicted octanol–water partition coefficient (Wildman–Crippen LogP) is 5.90. The maximum Gasteiger partial charge on any atom is 0.230 e. The quantitative estimate of drug-likeness (QED) is 0.263. The Kier molecular flexibility index (Phi) is 6.57. The van der Waals surface area contributed by atoms with Crippen molar-refractivity contribution in [3.8, 4) is 29.4 Å². The van der Waals surface area contributed by atoms with Gasteiger partial charge in [-0.2, -0.15) is 0 Å². The van der Waals surface area contributed by atoms with Crippen molar-refractivity contribution in [2.24, 2.45) is 0 Å². The Morgan fingerprint density at radius 3 is 2.26 bits per heavy atom. The van der Waals surface area contributed by atoms with Crippen LogP contribution in [0.15, 0.2) is 66.7 Å². The fourth-order valence-corrected chi connectivity index (χ4v) is 3.81. The topological polar surface area (TPSA) is 55.3 Å². The monoisotopic (exact) mass is 463 g/mol. The molecule has 0 bridgehead atoms. The van der Waals surface area contributed by atoms with Gasteiger partial charge in [-0.15, -0.1) is 6.42 Å². The molecule has 0 spiro atoms. The van der Waals surface area contributed by atoms with Crippen LogP contribution in [0.3, 0.4) is 0 Å². The second-order valence-corrected chi connectivity index (χ2v) is 9.67. The Hall–Kier alpha value is -4.17. The number of carbonyl (C=O) groups excluding carboxylic acids is 1. The number of anilines is 1. The highest BCUT2D eigenvalue weighted by Crippen LogP contribution is 2.32. The smallest absolute Gasteiger partial charge is 0.230 e. The van der Waals surface area contributed by atoms with Crippen LogP contribution in [-0.2, 0) is 5.41 Å². The van der Waals surface area contributed by atoms with E-state index in [-0.39, 0.29) is 23.6 Å². The zero-order valence-corrected chi connectivity index (χ0v) is 20.8. The maximum absolute atomic E-state index is 13.4. The zero-order valence-electron chi connectivity index (χ0n) is 20.8. The molecule has 1 heterocycles. The molecule has 5 nitrogen and oxygen atoms in total. The van der Waals surface area contributed by atoms with Gasteiger partial charge in [-0.3, -0.25) is 4.79 Å². The van der Waals surface area contributed by atoms with Crippen molar-refractivity contribution in [1.29, 1.82) is 0 Å². The molecule has 35 heavy (non-hydrogen) atoms. The highest BCUT2D eigenvalue weighted by molar-refractivity contribution is 6.08. The number of carbonyl (C=O) groups is 1. The number of hydrogen-bond donors (Lipinski definition) is 0. The van der Waals surface area contributed by atoms with Gasteiger partial charge in [-0.25, -0.2) is 9.97 Å². The molecule has 0 aliphatic rings. The van der Waals surface area contributed by atoms with Crippen LogP contribution in [0.4, 0.5) is 5.69 Å². The van der Waals surface area contributed by atoms with E-state index in [9.17, 15) is 4.79 Å². The van der Waals surface area contributed by atoms with Gasteiger partial charge >= 0.3 is 0 Å². The lowest BCUT2D eigenvalue weighted by molar-refractivity contribution is 0.103. The number of nitrogens with zero attached hydrogens (tertiary/aromatic N) is 3. The molecule has 0 N–H and O–H groups in total. The number of hydrogen-bond acceptors (Lipinski definition) is 5. The number of rotatable bonds is 6. The van der Waals surface area contributed by atoms with Gasteiger partial charge in [0, 0.05) is 36.3 Å². The Bertz CT molecular complexity index is 1410. The van der Waals surface area contributed by atoms with Crippen LogP contribution in [0.5, 0.6) is 5.75 Å². The van der Waals surface area contributed by atoms with Crippen LogP contribution >= 0.6 is 0 Å². The molecule has 0 atom stereocenters. The lowest BCUT2D eigenvalue weighted by Gasteiger charge is -2.19. The molecule has 0 unspecified atom stereocenters. The Balaban J connectivity index is 1.84. The third-order valence-electron chi connectivity index (χ3n) is 5.86. The highest BCUT2D eigenvalue weighted by atomic mass is 16.5. The summed E-state index contributed by atoms with van der Waals surface area (Å²) in [4.78, 5) is 24.7. The highest BCUT2D eigenvalue weighted by Gasteiger charge is 2.19. The molecule has 0 radical (unpaired) electrons. The molecular weight excluding hydrogens is 434 g/mol. The summed E-state index contributed by atoms with van der Waals surface area (Å²) in [7, 11) is 3.92. The van der Waals surface area contributed by atoms with Gasteiger partial charge in [0.2, 0.25) is 11.6 Å². The van der Waals surface area contributed by atoms with E-state index in [0.717, 1.165) is 16.6 Å². The summed E-state index contributed by atoms with van der Waals surface area (Å²) in [5.41, 5.74) is 5.04. The molecule has 1 aromatic heterocycles. The summed E-state index contributed by atoms with van der Waals surface area (Å²) >= 11 is 0. The van der Waals surface area contributed by atoms with Crippen molar-refractivity contribution >= 4 is 22.4 Å². The Morgan fingerprint density at radius 2 is 1.66 bits per heavy atom. The molecule has 0 aliphatic heterocycles. The van der Waals surface area contributed by atoms with E-state index in [1.807, 2.05) is 55.4 Å². The zero-order chi connectivity index (χ0) is 25.2. The molecule has 0 fully saturated rings. The van der Waals surface area contributed by atoms with E-state index < -0.39 is 0 Å². The summed E-state index contributed by atoms with van der Waals surface area (Å²) < 4.78 is 5.63. The molecule has 176 valence electrons. The first-order valence-corrected chi connectivity index (χ1v) is 11.5. The number of terminal acetylenes is 1. The van der Waals surface area contributed by atoms with Gasteiger partial charge in [0.05, 0.1) is 11.2 Å². The van der Waals surface area contributed by atoms with Gasteiger partial charge in [0.25, 0.3) is 0 Å². The largest absolute Gasteiger partial charge is 0.481 e. The fourth-order valence-electron chi connectivity index (χ4n) is 3.81. The van der Waals surface area contributed by atoms with Gasteiger partial charge in [0.1, 0.15) is 12.4 Å². The van der Waals surface area contributed by atoms with Crippen LogP contribution in [0.2, 0.25) is 0 Å². The van der Waals surface area contributed by atoms with Gasteiger partial charge in [-0.1, -0.05) is 51.0 Å². The van der Waals surface area contributed by atoms with Gasteiger partial charge in [0.15, 0.2) is 0 Å². The second kappa shape index (κ2) is 9.60. The van der Waals surface area contributed by atoms with Gasteiger partial charge in [-0.05, 0) is 53.4 Å². The molecule has 4 rings (SSSR count). The van der Waals surface area contributed by atoms with E-state index in [4.69, 9.17) is 16.1 Å². The first kappa shape index (κ1) is 24.0. The van der Waals surface area contributed by atoms with Crippen LogP contribution in [0, 0.1) is 12.3 Å². The minimum atomic E-state index is -0.225. The van der Waals surface area contributed by atoms with Crippen molar-refractivity contribution in [1.82, 2.24) is 9.97 Å². The predicted molar refractivity (Wildman–Crippen MR) is 142 cm³/mol. The first-order chi connectivity index (χ1) is 16.7. The van der Waals surface area contributed by atoms with Crippen LogP contribution in [0.25, 0.3) is 22.2 Å². The number of benzene rings is 3. The second-order valence-electron chi connectivity index (χ2n) is 9.67. The van der Waals surface area contributed by atoms with Crippen molar-refractivity contribution < 1.29 is 9.53 Å². The van der Waals surface area contributed by atoms with Gasteiger partial charge < -0.3 is 9.64 Å². The molecule has 0 saturated heterocycles. The standard InChI is InChI=1S/C30H29N3O2/c1-7-18-35-24-16-17-26-25(19-24)27(20-8-12-22(13-9-20)30(2,3)4)32-29(31-26)28(34)21-10-14-23(15-11-21)33(5)6/h1,8-17,19H,18H2,2-6H3. The number of ether oxygens (including phenoxy) is 1. The average Bonchev–Trinajstić information content (AvgIpc) is 2.86. The van der Waals surface area contributed by atoms with E-state index in [1.165, 1.54) is 5.56 Å². The van der Waals surface area contributed by atoms with E-state index in [1.54, 1.807) is 18.2 Å². The lowest BCUT2D eigenvalue weighted by atomic mass is 9.86. The first-order valence-electron chi connectivity index (χ1n) is 11.5. The summed E-state index contributed by atoms with van der Waals surface area (Å²) in [5.74, 6) is 3.04. The van der Waals surface area contributed by atoms with E-state index in [0.29, 0.717) is 22.5 Å². The maximum atomic E-state index is 13.4. The van der Waals surface area contributed by atoms with Crippen molar-refractivity contribution in [2.45, 2.75) is 26.2 Å². The van der Waals surface area contributed by atoms with Crippen molar-refractivity contribution in [3.63, 3.8) is 0 Å². The third kappa shape index (κ3) is 5.17. The summed E-state index contributed by atoms with van der Waals surface area (Å²) in [6.45, 7) is 6.70. The third-order valence-corrected chi connectivity index (χ3v) is 5.86. The minimum absolute atomic E-state index is 0.0301. The van der Waals surface area contributed by atoms with Crippen LogP contribution < -0.4 is 9.64 Å². The summed E-state index contributed by atoms with van der Waals surface area (Å²) in [6.07, 6.45) is 5.35. The van der Waals surface area contributed by atoms with Crippen molar-refractivity contribution in [3.05, 3.63) is 83.7 Å². The van der Waals surface area contributed by atoms with E-state index in [2.05, 4.69) is 43.8 Å². The Morgan fingerprint density at radius 1 is 0.971 bits per heavy atom. The lowest BCUT2D eigenvalue weighted by Crippen LogP contribution is -2.11. The number of aromatic nitrogens is 2. The van der Waals surface area contributed by atoms with Crippen molar-refractivity contribution in [2.75, 3.05) is 25.6 Å². The van der Waals surface area contributed by atoms with Crippen LogP contribution in [-0.4, -0.2) is 36.5 Å². The molecular formula is C30H29N3O2. The SMILES string of the molecule is C#CCOc1ccc2nc(C(=O)c3ccc(N(C)C)cc3)nc(-c3ccc(C(C)(C)C)cc3)c2c1. The molecule has 5 heteroatoms. The molecule has 0 amide bonds. The molecule has 3 aromatic carbocycles. The normalized spacial score (nSPS) is 11.2. The number of ketones is 1. The molecule has 0 aliphatic carbocycles. The minimum Gasteiger partial charge on any atom is -0.481 e. The Labute approximate surface area is 206 Å². The molecule has 4 aromatic rings. The summed E-state index contributed by atoms with van der Waals surface area (Å²) in [5, 5.41) is 0.794. The van der Waals surface area contributed by atoms with Crippen LogP contribution in [0.1, 0.15) is 42.5 Å².